The number of aromatic amines is 1. The molecular weight excluding hydrogens is 278 g/mol. The third-order valence-corrected chi connectivity index (χ3v) is 3.34. The van der Waals surface area contributed by atoms with E-state index in [4.69, 9.17) is 9.84 Å². The summed E-state index contributed by atoms with van der Waals surface area (Å²) >= 11 is 0. The molecular formula is C18H15NO3. The van der Waals surface area contributed by atoms with Crippen LogP contribution in [0.15, 0.2) is 60.8 Å². The van der Waals surface area contributed by atoms with Crippen molar-refractivity contribution >= 4 is 22.9 Å². The van der Waals surface area contributed by atoms with Gasteiger partial charge in [-0.25, -0.2) is 4.79 Å². The van der Waals surface area contributed by atoms with Crippen LogP contribution in [0.3, 0.4) is 0 Å². The van der Waals surface area contributed by atoms with Gasteiger partial charge in [0.25, 0.3) is 0 Å². The highest BCUT2D eigenvalue weighted by atomic mass is 16.5. The molecule has 0 unspecified atom stereocenters. The van der Waals surface area contributed by atoms with Crippen LogP contribution in [0.1, 0.15) is 11.1 Å². The molecule has 0 spiro atoms. The van der Waals surface area contributed by atoms with Crippen molar-refractivity contribution in [3.05, 3.63) is 71.9 Å². The number of H-pyrrole nitrogens is 1. The largest absolute Gasteiger partial charge is 0.489 e. The number of nitrogens with one attached hydrogen (secondary N) is 1. The van der Waals surface area contributed by atoms with Gasteiger partial charge < -0.3 is 14.8 Å². The van der Waals surface area contributed by atoms with Crippen molar-refractivity contribution < 1.29 is 14.6 Å². The number of aliphatic carboxylic acids is 1. The zero-order valence-corrected chi connectivity index (χ0v) is 11.8. The maximum atomic E-state index is 10.6. The molecule has 0 atom stereocenters. The Labute approximate surface area is 127 Å². The highest BCUT2D eigenvalue weighted by molar-refractivity contribution is 5.94. The Morgan fingerprint density at radius 3 is 2.77 bits per heavy atom. The smallest absolute Gasteiger partial charge is 0.328 e. The summed E-state index contributed by atoms with van der Waals surface area (Å²) in [6, 6.07) is 15.7. The number of carboxylic acid groups (broad SMARTS) is 1. The minimum Gasteiger partial charge on any atom is -0.489 e. The third kappa shape index (κ3) is 3.17. The molecule has 2 N–H and O–H groups in total. The molecule has 0 bridgehead atoms. The maximum Gasteiger partial charge on any atom is 0.328 e. The van der Waals surface area contributed by atoms with Gasteiger partial charge in [-0.05, 0) is 29.8 Å². The minimum atomic E-state index is -0.967. The minimum absolute atomic E-state index is 0.497. The molecule has 1 heterocycles. The lowest BCUT2D eigenvalue weighted by atomic mass is 10.1. The number of carboxylic acids is 1. The lowest BCUT2D eigenvalue weighted by Gasteiger charge is -2.06. The predicted molar refractivity (Wildman–Crippen MR) is 85.7 cm³/mol. The molecule has 22 heavy (non-hydrogen) atoms. The topological polar surface area (TPSA) is 62.3 Å². The van der Waals surface area contributed by atoms with E-state index in [0.717, 1.165) is 33.9 Å². The Morgan fingerprint density at radius 1 is 1.18 bits per heavy atom. The van der Waals surface area contributed by atoms with Crippen LogP contribution in [0.4, 0.5) is 0 Å². The molecule has 110 valence electrons. The number of benzene rings is 2. The van der Waals surface area contributed by atoms with Crippen molar-refractivity contribution in [2.75, 3.05) is 0 Å². The number of aromatic nitrogens is 1. The average molecular weight is 293 g/mol. The van der Waals surface area contributed by atoms with Gasteiger partial charge in [0.1, 0.15) is 12.4 Å². The van der Waals surface area contributed by atoms with Crippen LogP contribution >= 0.6 is 0 Å². The molecule has 1 aromatic heterocycles. The first kappa shape index (κ1) is 13.9. The number of fused-ring (bicyclic) bond motifs is 1. The Balaban J connectivity index is 1.82. The van der Waals surface area contributed by atoms with E-state index in [9.17, 15) is 4.79 Å². The lowest BCUT2D eigenvalue weighted by Crippen LogP contribution is -1.94. The number of hydrogen-bond acceptors (Lipinski definition) is 2. The van der Waals surface area contributed by atoms with E-state index in [2.05, 4.69) is 4.98 Å². The predicted octanol–water partition coefficient (Wildman–Crippen LogP) is 3.84. The molecule has 3 rings (SSSR count). The molecule has 0 amide bonds. The zero-order chi connectivity index (χ0) is 15.4. The van der Waals surface area contributed by atoms with E-state index < -0.39 is 5.97 Å². The van der Waals surface area contributed by atoms with Gasteiger partial charge >= 0.3 is 5.97 Å². The van der Waals surface area contributed by atoms with E-state index in [0.29, 0.717) is 6.61 Å². The van der Waals surface area contributed by atoms with E-state index in [1.807, 2.05) is 48.5 Å². The number of ether oxygens (including phenoxy) is 1. The van der Waals surface area contributed by atoms with E-state index >= 15 is 0 Å². The monoisotopic (exact) mass is 293 g/mol. The molecule has 4 nitrogen and oxygen atoms in total. The van der Waals surface area contributed by atoms with Crippen molar-refractivity contribution in [1.82, 2.24) is 4.98 Å². The lowest BCUT2D eigenvalue weighted by molar-refractivity contribution is -0.131. The SMILES string of the molecule is O=C(O)/C=C/c1c[nH]c2ccc(OCc3ccccc3)cc12. The van der Waals surface area contributed by atoms with Gasteiger partial charge in [0, 0.05) is 28.7 Å². The Bertz CT molecular complexity index is 819. The van der Waals surface area contributed by atoms with Crippen molar-refractivity contribution in [3.8, 4) is 5.75 Å². The maximum absolute atomic E-state index is 10.6. The molecule has 3 aromatic rings. The van der Waals surface area contributed by atoms with E-state index in [-0.39, 0.29) is 0 Å². The van der Waals surface area contributed by atoms with Crippen LogP contribution in [0.2, 0.25) is 0 Å². The summed E-state index contributed by atoms with van der Waals surface area (Å²) in [5, 5.41) is 9.66. The summed E-state index contributed by atoms with van der Waals surface area (Å²) in [7, 11) is 0. The van der Waals surface area contributed by atoms with Crippen LogP contribution in [0.5, 0.6) is 5.75 Å². The molecule has 0 saturated heterocycles. The van der Waals surface area contributed by atoms with Crippen LogP contribution in [0.25, 0.3) is 17.0 Å². The molecule has 0 aliphatic heterocycles. The summed E-state index contributed by atoms with van der Waals surface area (Å²) in [6.45, 7) is 0.497. The van der Waals surface area contributed by atoms with Crippen LogP contribution in [-0.2, 0) is 11.4 Å². The summed E-state index contributed by atoms with van der Waals surface area (Å²) in [5.74, 6) is -0.216. The fraction of sp³-hybridized carbons (Fsp3) is 0.0556. The first-order chi connectivity index (χ1) is 10.7. The summed E-state index contributed by atoms with van der Waals surface area (Å²) < 4.78 is 5.80. The van der Waals surface area contributed by atoms with Gasteiger partial charge in [0.2, 0.25) is 0 Å². The van der Waals surface area contributed by atoms with Gasteiger partial charge in [0.15, 0.2) is 0 Å². The molecule has 0 aliphatic rings. The molecule has 4 heteroatoms. The Morgan fingerprint density at radius 2 is 2.00 bits per heavy atom. The van der Waals surface area contributed by atoms with Gasteiger partial charge in [0.05, 0.1) is 0 Å². The van der Waals surface area contributed by atoms with Crippen molar-refractivity contribution in [1.29, 1.82) is 0 Å². The molecule has 0 fully saturated rings. The third-order valence-electron chi connectivity index (χ3n) is 3.34. The van der Waals surface area contributed by atoms with Gasteiger partial charge in [-0.3, -0.25) is 0 Å². The second-order valence-electron chi connectivity index (χ2n) is 4.90. The van der Waals surface area contributed by atoms with Crippen LogP contribution in [-0.4, -0.2) is 16.1 Å². The Kier molecular flexibility index (Phi) is 3.92. The number of carbonyl (C=O) groups is 1. The number of rotatable bonds is 5. The average Bonchev–Trinajstić information content (AvgIpc) is 2.94. The Hall–Kier alpha value is -3.01. The van der Waals surface area contributed by atoms with Crippen molar-refractivity contribution in [2.24, 2.45) is 0 Å². The molecule has 2 aromatic carbocycles. The fourth-order valence-electron chi connectivity index (χ4n) is 2.25. The van der Waals surface area contributed by atoms with E-state index in [1.165, 1.54) is 0 Å². The highest BCUT2D eigenvalue weighted by Gasteiger charge is 2.04. The van der Waals surface area contributed by atoms with E-state index in [1.54, 1.807) is 12.3 Å². The summed E-state index contributed by atoms with van der Waals surface area (Å²) in [4.78, 5) is 13.7. The summed E-state index contributed by atoms with van der Waals surface area (Å²) in [6.07, 6.45) is 4.48. The van der Waals surface area contributed by atoms with Crippen LogP contribution < -0.4 is 4.74 Å². The second-order valence-corrected chi connectivity index (χ2v) is 4.90. The zero-order valence-electron chi connectivity index (χ0n) is 11.8. The standard InChI is InChI=1S/C18H15NO3/c20-18(21)9-6-14-11-19-17-8-7-15(10-16(14)17)22-12-13-4-2-1-3-5-13/h1-11,19H,12H2,(H,20,21)/b9-6+. The van der Waals surface area contributed by atoms with Crippen molar-refractivity contribution in [2.45, 2.75) is 6.61 Å². The molecule has 0 radical (unpaired) electrons. The highest BCUT2D eigenvalue weighted by Crippen LogP contribution is 2.25. The number of hydrogen-bond donors (Lipinski definition) is 2. The van der Waals surface area contributed by atoms with Crippen LogP contribution in [0, 0.1) is 0 Å². The quantitative estimate of drug-likeness (QED) is 0.702. The van der Waals surface area contributed by atoms with Crippen molar-refractivity contribution in [3.63, 3.8) is 0 Å². The normalized spacial score (nSPS) is 11.1. The first-order valence-electron chi connectivity index (χ1n) is 6.91. The molecule has 0 aliphatic carbocycles. The fourth-order valence-corrected chi connectivity index (χ4v) is 2.25. The first-order valence-corrected chi connectivity index (χ1v) is 6.91. The van der Waals surface area contributed by atoms with Gasteiger partial charge in [-0.2, -0.15) is 0 Å². The summed E-state index contributed by atoms with van der Waals surface area (Å²) in [5.41, 5.74) is 2.86. The van der Waals surface area contributed by atoms with Gasteiger partial charge in [-0.15, -0.1) is 0 Å². The second kappa shape index (κ2) is 6.18. The molecule has 0 saturated carbocycles. The van der Waals surface area contributed by atoms with Gasteiger partial charge in [-0.1, -0.05) is 30.3 Å².